The minimum atomic E-state index is -0.692. The van der Waals surface area contributed by atoms with Crippen LogP contribution in [0, 0.1) is 5.41 Å². The van der Waals surface area contributed by atoms with Gasteiger partial charge in [-0.1, -0.05) is 26.1 Å². The maximum atomic E-state index is 12.6. The van der Waals surface area contributed by atoms with Crippen molar-refractivity contribution in [1.29, 1.82) is 0 Å². The Morgan fingerprint density at radius 2 is 2.11 bits per heavy atom. The van der Waals surface area contributed by atoms with Gasteiger partial charge in [0.1, 0.15) is 0 Å². The lowest BCUT2D eigenvalue weighted by Crippen LogP contribution is -2.50. The highest BCUT2D eigenvalue weighted by Gasteiger charge is 2.40. The van der Waals surface area contributed by atoms with Crippen LogP contribution in [-0.4, -0.2) is 42.1 Å². The van der Waals surface area contributed by atoms with Crippen molar-refractivity contribution >= 4 is 23.1 Å². The van der Waals surface area contributed by atoms with Crippen LogP contribution in [0.4, 0.5) is 0 Å². The Kier molecular flexibility index (Phi) is 5.53. The van der Waals surface area contributed by atoms with E-state index < -0.39 is 5.41 Å². The fourth-order valence-corrected chi connectivity index (χ4v) is 2.92. The third-order valence-corrected chi connectivity index (χ3v) is 4.33. The number of ether oxygens (including phenoxy) is 1. The molecule has 1 atom stereocenters. The van der Waals surface area contributed by atoms with Crippen molar-refractivity contribution in [2.45, 2.75) is 45.6 Å². The second-order valence-electron chi connectivity index (χ2n) is 4.97. The number of nitrogens with zero attached hydrogens (tertiary/aromatic N) is 1. The van der Waals surface area contributed by atoms with E-state index in [1.165, 1.54) is 0 Å². The van der Waals surface area contributed by atoms with Gasteiger partial charge in [-0.15, -0.1) is 0 Å². The zero-order valence-electron chi connectivity index (χ0n) is 11.6. The van der Waals surface area contributed by atoms with Gasteiger partial charge in [-0.2, -0.15) is 0 Å². The van der Waals surface area contributed by atoms with Crippen LogP contribution in [0.3, 0.4) is 0 Å². The molecule has 0 spiro atoms. The molecule has 1 amide bonds. The van der Waals surface area contributed by atoms with E-state index in [4.69, 9.17) is 22.7 Å². The van der Waals surface area contributed by atoms with Crippen LogP contribution >= 0.6 is 12.2 Å². The summed E-state index contributed by atoms with van der Waals surface area (Å²) in [5.41, 5.74) is 5.10. The van der Waals surface area contributed by atoms with Gasteiger partial charge in [0, 0.05) is 20.2 Å². The monoisotopic (exact) mass is 272 g/mol. The minimum absolute atomic E-state index is 0.0236. The number of hydrogen-bond acceptors (Lipinski definition) is 3. The number of hydrogen-bond donors (Lipinski definition) is 1. The normalized spacial score (nSPS) is 19.8. The van der Waals surface area contributed by atoms with Gasteiger partial charge in [-0.05, 0) is 25.7 Å². The van der Waals surface area contributed by atoms with Crippen LogP contribution in [-0.2, 0) is 9.53 Å². The molecule has 104 valence electrons. The zero-order valence-corrected chi connectivity index (χ0v) is 12.4. The molecule has 1 aliphatic rings. The van der Waals surface area contributed by atoms with Gasteiger partial charge >= 0.3 is 0 Å². The first-order valence-corrected chi connectivity index (χ1v) is 7.05. The highest BCUT2D eigenvalue weighted by Crippen LogP contribution is 2.29. The minimum Gasteiger partial charge on any atom is -0.392 e. The summed E-state index contributed by atoms with van der Waals surface area (Å²) in [4.78, 5) is 14.6. The third-order valence-electron chi connectivity index (χ3n) is 3.94. The number of likely N-dealkylation sites (N-methyl/N-ethyl adjacent to an activating group) is 1. The first-order chi connectivity index (χ1) is 8.47. The van der Waals surface area contributed by atoms with Crippen molar-refractivity contribution in [3.05, 3.63) is 0 Å². The standard InChI is InChI=1S/C13H24N2O2S/c1-4-13(5-2,11(14)18)12(16)15(3)9-10-7-6-8-17-10/h10H,4-9H2,1-3H3,(H2,14,18). The predicted octanol–water partition coefficient (Wildman–Crippen LogP) is 1.72. The molecule has 4 nitrogen and oxygen atoms in total. The molecule has 0 aromatic rings. The van der Waals surface area contributed by atoms with Crippen LogP contribution in [0.15, 0.2) is 0 Å². The third kappa shape index (κ3) is 3.01. The number of nitrogens with two attached hydrogens (primary N) is 1. The molecule has 0 bridgehead atoms. The smallest absolute Gasteiger partial charge is 0.235 e. The summed E-state index contributed by atoms with van der Waals surface area (Å²) < 4.78 is 5.56. The van der Waals surface area contributed by atoms with Gasteiger partial charge in [0.05, 0.1) is 16.5 Å². The summed E-state index contributed by atoms with van der Waals surface area (Å²) >= 11 is 5.10. The van der Waals surface area contributed by atoms with Crippen molar-refractivity contribution in [2.24, 2.45) is 11.1 Å². The van der Waals surface area contributed by atoms with E-state index in [1.54, 1.807) is 4.90 Å². The molecule has 1 unspecified atom stereocenters. The largest absolute Gasteiger partial charge is 0.392 e. The molecular weight excluding hydrogens is 248 g/mol. The molecule has 0 radical (unpaired) electrons. The molecule has 1 heterocycles. The molecule has 1 fully saturated rings. The van der Waals surface area contributed by atoms with Gasteiger partial charge in [0.2, 0.25) is 5.91 Å². The molecule has 0 aromatic heterocycles. The van der Waals surface area contributed by atoms with E-state index in [1.807, 2.05) is 20.9 Å². The van der Waals surface area contributed by atoms with Gasteiger partial charge in [0.25, 0.3) is 0 Å². The lowest BCUT2D eigenvalue weighted by atomic mass is 9.80. The molecule has 1 rings (SSSR count). The van der Waals surface area contributed by atoms with Crippen molar-refractivity contribution < 1.29 is 9.53 Å². The Morgan fingerprint density at radius 3 is 2.50 bits per heavy atom. The lowest BCUT2D eigenvalue weighted by molar-refractivity contribution is -0.138. The molecule has 0 aromatic carbocycles. The molecule has 5 heteroatoms. The van der Waals surface area contributed by atoms with Crippen LogP contribution < -0.4 is 5.73 Å². The Bertz CT molecular complexity index is 310. The number of carbonyl (C=O) groups is 1. The Hall–Kier alpha value is -0.680. The summed E-state index contributed by atoms with van der Waals surface area (Å²) in [6, 6.07) is 0. The Labute approximate surface area is 115 Å². The topological polar surface area (TPSA) is 55.6 Å². The first kappa shape index (κ1) is 15.4. The molecular formula is C13H24N2O2S. The quantitative estimate of drug-likeness (QED) is 0.748. The Morgan fingerprint density at radius 1 is 1.50 bits per heavy atom. The lowest BCUT2D eigenvalue weighted by Gasteiger charge is -2.34. The number of carbonyl (C=O) groups excluding carboxylic acids is 1. The molecule has 0 aliphatic carbocycles. The van der Waals surface area contributed by atoms with E-state index in [9.17, 15) is 4.79 Å². The van der Waals surface area contributed by atoms with Crippen LogP contribution in [0.5, 0.6) is 0 Å². The van der Waals surface area contributed by atoms with Gasteiger partial charge < -0.3 is 15.4 Å². The molecule has 1 aliphatic heterocycles. The van der Waals surface area contributed by atoms with E-state index in [0.717, 1.165) is 19.4 Å². The zero-order chi connectivity index (χ0) is 13.8. The predicted molar refractivity (Wildman–Crippen MR) is 76.4 cm³/mol. The van der Waals surface area contributed by atoms with Crippen molar-refractivity contribution in [3.63, 3.8) is 0 Å². The summed E-state index contributed by atoms with van der Waals surface area (Å²) in [5.74, 6) is 0.0236. The first-order valence-electron chi connectivity index (χ1n) is 6.65. The molecule has 1 saturated heterocycles. The maximum Gasteiger partial charge on any atom is 0.235 e. The summed E-state index contributed by atoms with van der Waals surface area (Å²) in [7, 11) is 1.81. The number of amides is 1. The van der Waals surface area contributed by atoms with Crippen molar-refractivity contribution in [3.8, 4) is 0 Å². The SMILES string of the molecule is CCC(CC)(C(=O)N(C)CC1CCCO1)C(N)=S. The number of rotatable bonds is 6. The fraction of sp³-hybridized carbons (Fsp3) is 0.846. The van der Waals surface area contributed by atoms with Crippen molar-refractivity contribution in [1.82, 2.24) is 4.90 Å². The average Bonchev–Trinajstić information content (AvgIpc) is 2.83. The molecule has 18 heavy (non-hydrogen) atoms. The molecule has 0 saturated carbocycles. The highest BCUT2D eigenvalue weighted by atomic mass is 32.1. The van der Waals surface area contributed by atoms with E-state index in [0.29, 0.717) is 24.4 Å². The van der Waals surface area contributed by atoms with Gasteiger partial charge in [0.15, 0.2) is 0 Å². The van der Waals surface area contributed by atoms with Gasteiger partial charge in [-0.25, -0.2) is 0 Å². The Balaban J connectivity index is 2.72. The highest BCUT2D eigenvalue weighted by molar-refractivity contribution is 7.80. The maximum absolute atomic E-state index is 12.6. The van der Waals surface area contributed by atoms with Gasteiger partial charge in [-0.3, -0.25) is 4.79 Å². The van der Waals surface area contributed by atoms with E-state index >= 15 is 0 Å². The van der Waals surface area contributed by atoms with Crippen LogP contribution in [0.1, 0.15) is 39.5 Å². The summed E-state index contributed by atoms with van der Waals surface area (Å²) in [6.07, 6.45) is 3.56. The summed E-state index contributed by atoms with van der Waals surface area (Å²) in [5, 5.41) is 0. The van der Waals surface area contributed by atoms with E-state index in [2.05, 4.69) is 0 Å². The fourth-order valence-electron chi connectivity index (χ4n) is 2.55. The second-order valence-corrected chi connectivity index (χ2v) is 5.41. The second kappa shape index (κ2) is 6.48. The number of thiocarbonyl (C=S) groups is 1. The molecule has 2 N–H and O–H groups in total. The average molecular weight is 272 g/mol. The van der Waals surface area contributed by atoms with E-state index in [-0.39, 0.29) is 12.0 Å². The van der Waals surface area contributed by atoms with Crippen LogP contribution in [0.2, 0.25) is 0 Å². The summed E-state index contributed by atoms with van der Waals surface area (Å²) in [6.45, 7) is 5.35. The van der Waals surface area contributed by atoms with Crippen molar-refractivity contribution in [2.75, 3.05) is 20.2 Å². The van der Waals surface area contributed by atoms with Crippen LogP contribution in [0.25, 0.3) is 0 Å².